The molecule has 9 heteroatoms. The van der Waals surface area contributed by atoms with Crippen molar-refractivity contribution in [2.75, 3.05) is 17.2 Å². The van der Waals surface area contributed by atoms with Gasteiger partial charge in [0.1, 0.15) is 5.82 Å². The normalized spacial score (nSPS) is 11.2. The van der Waals surface area contributed by atoms with Gasteiger partial charge in [-0.1, -0.05) is 57.0 Å². The van der Waals surface area contributed by atoms with Crippen molar-refractivity contribution in [3.05, 3.63) is 62.8 Å². The highest BCUT2D eigenvalue weighted by Gasteiger charge is 2.24. The Hall–Kier alpha value is -3.62. The first-order chi connectivity index (χ1) is 16.7. The Labute approximate surface area is 205 Å². The number of nitrogen functional groups attached to an aromatic ring is 1. The van der Waals surface area contributed by atoms with E-state index in [1.165, 1.54) is 9.47 Å². The minimum Gasteiger partial charge on any atom is -0.441 e. The van der Waals surface area contributed by atoms with E-state index in [2.05, 4.69) is 9.97 Å². The molecule has 0 unspecified atom stereocenters. The van der Waals surface area contributed by atoms with Gasteiger partial charge < -0.3 is 15.1 Å². The summed E-state index contributed by atoms with van der Waals surface area (Å²) in [5.41, 5.74) is 7.14. The lowest BCUT2D eigenvalue weighted by Gasteiger charge is -2.25. The van der Waals surface area contributed by atoms with Crippen molar-refractivity contribution in [2.45, 2.75) is 66.3 Å². The molecule has 2 aromatic heterocycles. The molecule has 9 nitrogen and oxygen atoms in total. The van der Waals surface area contributed by atoms with Crippen LogP contribution in [0.3, 0.4) is 0 Å². The number of anilines is 2. The molecule has 35 heavy (non-hydrogen) atoms. The van der Waals surface area contributed by atoms with Crippen molar-refractivity contribution < 1.29 is 9.21 Å². The number of benzene rings is 1. The van der Waals surface area contributed by atoms with E-state index >= 15 is 0 Å². The number of carbonyl (C=O) groups is 1. The highest BCUT2D eigenvalue weighted by atomic mass is 16.4. The first-order valence-corrected chi connectivity index (χ1v) is 12.2. The first-order valence-electron chi connectivity index (χ1n) is 12.2. The van der Waals surface area contributed by atoms with Crippen molar-refractivity contribution in [1.82, 2.24) is 14.5 Å². The van der Waals surface area contributed by atoms with Gasteiger partial charge in [-0.25, -0.2) is 9.78 Å². The summed E-state index contributed by atoms with van der Waals surface area (Å²) in [4.78, 5) is 46.5. The number of rotatable bonds is 11. The van der Waals surface area contributed by atoms with E-state index in [0.29, 0.717) is 37.1 Å². The van der Waals surface area contributed by atoms with Gasteiger partial charge in [0, 0.05) is 31.5 Å². The Balaban J connectivity index is 1.83. The lowest BCUT2D eigenvalue weighted by molar-refractivity contribution is -0.118. The van der Waals surface area contributed by atoms with Crippen molar-refractivity contribution in [2.24, 2.45) is 5.92 Å². The molecular weight excluding hydrogens is 446 g/mol. The molecule has 0 radical (unpaired) electrons. The molecule has 0 bridgehead atoms. The zero-order valence-corrected chi connectivity index (χ0v) is 21.0. The minimum atomic E-state index is -0.657. The van der Waals surface area contributed by atoms with E-state index in [1.807, 2.05) is 52.0 Å². The van der Waals surface area contributed by atoms with Crippen LogP contribution >= 0.6 is 0 Å². The quantitative estimate of drug-likeness (QED) is 0.428. The molecule has 0 fully saturated rings. The summed E-state index contributed by atoms with van der Waals surface area (Å²) >= 11 is 0. The van der Waals surface area contributed by atoms with Crippen LogP contribution in [-0.4, -0.2) is 27.0 Å². The van der Waals surface area contributed by atoms with Gasteiger partial charge in [0.25, 0.3) is 5.56 Å². The van der Waals surface area contributed by atoms with Gasteiger partial charge in [-0.3, -0.25) is 19.1 Å². The second-order valence-electron chi connectivity index (χ2n) is 9.21. The predicted molar refractivity (Wildman–Crippen MR) is 137 cm³/mol. The largest absolute Gasteiger partial charge is 0.441 e. The third-order valence-electron chi connectivity index (χ3n) is 5.89. The van der Waals surface area contributed by atoms with Crippen LogP contribution in [-0.2, 0) is 17.8 Å². The van der Waals surface area contributed by atoms with Crippen molar-refractivity contribution in [1.29, 1.82) is 0 Å². The molecule has 0 atom stereocenters. The van der Waals surface area contributed by atoms with Gasteiger partial charge in [0.2, 0.25) is 5.91 Å². The molecule has 2 heterocycles. The Morgan fingerprint density at radius 3 is 2.60 bits per heavy atom. The molecule has 0 aliphatic rings. The fraction of sp³-hybridized carbons (Fsp3) is 0.462. The number of hydrogen-bond acceptors (Lipinski definition) is 6. The standard InChI is InChI=1S/C26H35N5O4/c1-5-6-14-31-24(27)23(25(33)29-26(31)34)30(15-13-17(2)3)22(32)12-11-21-28-16-20(35-21)19-9-7-18(4)8-10-19/h7-10,16-17H,5-6,11-15,27H2,1-4H3,(H,29,33,34). The van der Waals surface area contributed by atoms with E-state index in [9.17, 15) is 14.4 Å². The molecule has 0 saturated heterocycles. The average molecular weight is 482 g/mol. The van der Waals surface area contributed by atoms with Crippen LogP contribution < -0.4 is 21.9 Å². The molecule has 188 valence electrons. The maximum Gasteiger partial charge on any atom is 0.330 e. The van der Waals surface area contributed by atoms with Crippen LogP contribution in [0.1, 0.15) is 57.9 Å². The maximum atomic E-state index is 13.3. The Bertz CT molecular complexity index is 1250. The summed E-state index contributed by atoms with van der Waals surface area (Å²) in [6, 6.07) is 7.91. The number of hydrogen-bond donors (Lipinski definition) is 2. The smallest absolute Gasteiger partial charge is 0.330 e. The topological polar surface area (TPSA) is 127 Å². The zero-order valence-electron chi connectivity index (χ0n) is 21.0. The Morgan fingerprint density at radius 1 is 1.23 bits per heavy atom. The summed E-state index contributed by atoms with van der Waals surface area (Å²) in [7, 11) is 0. The number of aromatic nitrogens is 3. The molecule has 0 spiro atoms. The highest BCUT2D eigenvalue weighted by Crippen LogP contribution is 2.23. The van der Waals surface area contributed by atoms with Crippen LogP contribution in [0.15, 0.2) is 44.5 Å². The number of aryl methyl sites for hydroxylation is 2. The molecule has 3 aromatic rings. The SMILES string of the molecule is CCCCn1c(N)c(N(CCC(C)C)C(=O)CCc2ncc(-c3ccc(C)cc3)o2)c(=O)[nH]c1=O. The molecule has 0 aliphatic carbocycles. The average Bonchev–Trinajstić information content (AvgIpc) is 3.28. The van der Waals surface area contributed by atoms with Crippen LogP contribution in [0.25, 0.3) is 11.3 Å². The first kappa shape index (κ1) is 26.0. The van der Waals surface area contributed by atoms with Crippen LogP contribution in [0.4, 0.5) is 11.5 Å². The molecule has 1 amide bonds. The van der Waals surface area contributed by atoms with Gasteiger partial charge >= 0.3 is 5.69 Å². The summed E-state index contributed by atoms with van der Waals surface area (Å²) in [5, 5.41) is 0. The number of H-pyrrole nitrogens is 1. The second kappa shape index (κ2) is 11.7. The Kier molecular flexibility index (Phi) is 8.68. The summed E-state index contributed by atoms with van der Waals surface area (Å²) in [6.07, 6.45) is 4.26. The fourth-order valence-electron chi connectivity index (χ4n) is 3.75. The van der Waals surface area contributed by atoms with Gasteiger partial charge in [-0.2, -0.15) is 0 Å². The number of carbonyl (C=O) groups excluding carboxylic acids is 1. The summed E-state index contributed by atoms with van der Waals surface area (Å²) < 4.78 is 7.18. The van der Waals surface area contributed by atoms with Gasteiger partial charge in [0.05, 0.1) is 6.20 Å². The van der Waals surface area contributed by atoms with E-state index in [-0.39, 0.29) is 30.3 Å². The predicted octanol–water partition coefficient (Wildman–Crippen LogP) is 3.89. The fourth-order valence-corrected chi connectivity index (χ4v) is 3.75. The Morgan fingerprint density at radius 2 is 1.94 bits per heavy atom. The summed E-state index contributed by atoms with van der Waals surface area (Å²) in [5.74, 6) is 1.11. The van der Waals surface area contributed by atoms with E-state index in [4.69, 9.17) is 10.2 Å². The molecule has 1 aromatic carbocycles. The van der Waals surface area contributed by atoms with Crippen molar-refractivity contribution in [3.63, 3.8) is 0 Å². The monoisotopic (exact) mass is 481 g/mol. The molecule has 0 saturated carbocycles. The van der Waals surface area contributed by atoms with Crippen LogP contribution in [0.2, 0.25) is 0 Å². The van der Waals surface area contributed by atoms with E-state index in [0.717, 1.165) is 24.0 Å². The molecule has 3 rings (SSSR count). The second-order valence-corrected chi connectivity index (χ2v) is 9.21. The number of nitrogens with one attached hydrogen (secondary N) is 1. The lowest BCUT2D eigenvalue weighted by atomic mass is 10.1. The lowest BCUT2D eigenvalue weighted by Crippen LogP contribution is -2.42. The number of aromatic amines is 1. The third kappa shape index (κ3) is 6.49. The van der Waals surface area contributed by atoms with E-state index in [1.54, 1.807) is 6.20 Å². The van der Waals surface area contributed by atoms with Crippen LogP contribution in [0.5, 0.6) is 0 Å². The summed E-state index contributed by atoms with van der Waals surface area (Å²) in [6.45, 7) is 8.78. The number of unbranched alkanes of at least 4 members (excludes halogenated alkanes) is 1. The molecular formula is C26H35N5O4. The highest BCUT2D eigenvalue weighted by molar-refractivity contribution is 5.95. The molecule has 3 N–H and O–H groups in total. The van der Waals surface area contributed by atoms with Gasteiger partial charge in [-0.05, 0) is 25.7 Å². The number of oxazole rings is 1. The van der Waals surface area contributed by atoms with Gasteiger partial charge in [0.15, 0.2) is 17.3 Å². The number of nitrogens with two attached hydrogens (primary N) is 1. The maximum absolute atomic E-state index is 13.3. The van der Waals surface area contributed by atoms with Crippen molar-refractivity contribution in [3.8, 4) is 11.3 Å². The number of amides is 1. The van der Waals surface area contributed by atoms with E-state index < -0.39 is 11.2 Å². The minimum absolute atomic E-state index is 0.0158. The third-order valence-corrected chi connectivity index (χ3v) is 5.89. The van der Waals surface area contributed by atoms with Crippen molar-refractivity contribution >= 4 is 17.4 Å². The van der Waals surface area contributed by atoms with Gasteiger partial charge in [-0.15, -0.1) is 0 Å². The zero-order chi connectivity index (χ0) is 25.5. The number of nitrogens with zero attached hydrogens (tertiary/aromatic N) is 3. The van der Waals surface area contributed by atoms with Crippen LogP contribution in [0, 0.1) is 12.8 Å². The molecule has 0 aliphatic heterocycles.